The highest BCUT2D eigenvalue weighted by Crippen LogP contribution is 2.35. The highest BCUT2D eigenvalue weighted by atomic mass is 19.4. The summed E-state index contributed by atoms with van der Waals surface area (Å²) in [5.41, 5.74) is -1.91. The molecule has 0 radical (unpaired) electrons. The summed E-state index contributed by atoms with van der Waals surface area (Å²) in [6.45, 7) is 1.65. The number of aromatic nitrogens is 1. The van der Waals surface area contributed by atoms with Crippen LogP contribution >= 0.6 is 0 Å². The van der Waals surface area contributed by atoms with Gasteiger partial charge >= 0.3 is 17.7 Å². The SMILES string of the molecule is Cc1cccnc1N[C@@]1(C(F)(F)F)[NH+]=C(c2ccccc2)N(C2CCCCC2)C1=O. The van der Waals surface area contributed by atoms with Crippen LogP contribution in [0.3, 0.4) is 0 Å². The molecule has 1 aliphatic heterocycles. The van der Waals surface area contributed by atoms with Gasteiger partial charge in [0.05, 0.1) is 5.56 Å². The van der Waals surface area contributed by atoms with E-state index in [1.807, 2.05) is 0 Å². The van der Waals surface area contributed by atoms with Crippen molar-refractivity contribution in [2.45, 2.75) is 56.9 Å². The van der Waals surface area contributed by atoms with E-state index in [-0.39, 0.29) is 17.7 Å². The highest BCUT2D eigenvalue weighted by molar-refractivity contribution is 6.11. The lowest BCUT2D eigenvalue weighted by molar-refractivity contribution is -0.566. The number of amides is 1. The predicted octanol–water partition coefficient (Wildman–Crippen LogP) is 2.76. The fraction of sp³-hybridized carbons (Fsp3) is 0.409. The first-order valence-electron chi connectivity index (χ1n) is 10.1. The van der Waals surface area contributed by atoms with E-state index in [1.165, 1.54) is 11.1 Å². The number of pyridine rings is 1. The standard InChI is InChI=1S/C22H23F3N4O/c1-15-9-8-14-26-18(15)27-21(22(23,24)25)20(30)29(17-12-6-3-7-13-17)19(28-21)16-10-4-2-5-11-16/h2,4-5,8-11,14,17H,3,6-7,12-13H2,1H3,(H,26,27)/p+1/t21-/m1/s1. The van der Waals surface area contributed by atoms with Gasteiger partial charge in [-0.1, -0.05) is 30.7 Å². The molecule has 0 bridgehead atoms. The molecule has 0 saturated heterocycles. The molecule has 2 aliphatic rings. The van der Waals surface area contributed by atoms with Gasteiger partial charge in [0.2, 0.25) is 0 Å². The molecule has 1 aliphatic carbocycles. The Morgan fingerprint density at radius 3 is 2.43 bits per heavy atom. The van der Waals surface area contributed by atoms with E-state index in [1.54, 1.807) is 49.4 Å². The molecular formula is C22H24F3N4O+. The van der Waals surface area contributed by atoms with Crippen LogP contribution < -0.4 is 10.3 Å². The van der Waals surface area contributed by atoms with Gasteiger partial charge in [-0.3, -0.25) is 0 Å². The molecule has 1 atom stereocenters. The Morgan fingerprint density at radius 1 is 1.10 bits per heavy atom. The second kappa shape index (κ2) is 7.74. The number of amidine groups is 1. The summed E-state index contributed by atoms with van der Waals surface area (Å²) < 4.78 is 43.5. The number of nitrogens with zero attached hydrogens (tertiary/aromatic N) is 2. The molecule has 30 heavy (non-hydrogen) atoms. The number of carbonyl (C=O) groups excluding carboxylic acids is 1. The van der Waals surface area contributed by atoms with Gasteiger partial charge in [-0.05, 0) is 56.4 Å². The first-order chi connectivity index (χ1) is 14.3. The zero-order chi connectivity index (χ0) is 21.4. The lowest BCUT2D eigenvalue weighted by atomic mass is 9.93. The zero-order valence-electron chi connectivity index (χ0n) is 16.7. The molecule has 158 valence electrons. The number of aryl methyl sites for hydroxylation is 1. The summed E-state index contributed by atoms with van der Waals surface area (Å²) in [4.78, 5) is 21.4. The Bertz CT molecular complexity index is 954. The van der Waals surface area contributed by atoms with Crippen molar-refractivity contribution in [3.05, 3.63) is 59.8 Å². The van der Waals surface area contributed by atoms with Gasteiger partial charge in [0.1, 0.15) is 11.9 Å². The van der Waals surface area contributed by atoms with Crippen LogP contribution in [-0.4, -0.2) is 39.5 Å². The Kier molecular flexibility index (Phi) is 5.26. The topological polar surface area (TPSA) is 59.2 Å². The van der Waals surface area contributed by atoms with Crippen LogP contribution in [0.1, 0.15) is 43.2 Å². The summed E-state index contributed by atoms with van der Waals surface area (Å²) in [5.74, 6) is -0.828. The minimum absolute atomic E-state index is 0.0218. The molecule has 2 N–H and O–H groups in total. The third-order valence-electron chi connectivity index (χ3n) is 5.81. The Balaban J connectivity index is 1.85. The third kappa shape index (κ3) is 3.44. The second-order valence-electron chi connectivity index (χ2n) is 7.85. The molecule has 2 aromatic rings. The summed E-state index contributed by atoms with van der Waals surface area (Å²) in [7, 11) is 0. The number of hydrogen-bond acceptors (Lipinski definition) is 3. The van der Waals surface area contributed by atoms with E-state index >= 15 is 0 Å². The second-order valence-corrected chi connectivity index (χ2v) is 7.85. The van der Waals surface area contributed by atoms with Crippen LogP contribution in [0.15, 0.2) is 48.7 Å². The first-order valence-corrected chi connectivity index (χ1v) is 10.1. The summed E-state index contributed by atoms with van der Waals surface area (Å²) in [6.07, 6.45) is 0.685. The van der Waals surface area contributed by atoms with Crippen molar-refractivity contribution in [2.75, 3.05) is 5.32 Å². The molecule has 1 aromatic heterocycles. The molecule has 8 heteroatoms. The van der Waals surface area contributed by atoms with Gasteiger partial charge < -0.3 is 5.32 Å². The van der Waals surface area contributed by atoms with E-state index < -0.39 is 17.7 Å². The van der Waals surface area contributed by atoms with Crippen molar-refractivity contribution in [1.82, 2.24) is 9.88 Å². The van der Waals surface area contributed by atoms with Crippen molar-refractivity contribution in [2.24, 2.45) is 0 Å². The number of anilines is 1. The normalized spacial score (nSPS) is 22.9. The summed E-state index contributed by atoms with van der Waals surface area (Å²) >= 11 is 0. The highest BCUT2D eigenvalue weighted by Gasteiger charge is 2.72. The van der Waals surface area contributed by atoms with Crippen LogP contribution in [0.25, 0.3) is 0 Å². The van der Waals surface area contributed by atoms with Gasteiger partial charge in [0.15, 0.2) is 0 Å². The van der Waals surface area contributed by atoms with E-state index in [2.05, 4.69) is 15.3 Å². The van der Waals surface area contributed by atoms with Crippen molar-refractivity contribution in [1.29, 1.82) is 0 Å². The molecule has 1 amide bonds. The van der Waals surface area contributed by atoms with Crippen LogP contribution in [-0.2, 0) is 4.79 Å². The Morgan fingerprint density at radius 2 is 1.80 bits per heavy atom. The molecule has 2 heterocycles. The van der Waals surface area contributed by atoms with Crippen LogP contribution in [0.5, 0.6) is 0 Å². The summed E-state index contributed by atoms with van der Waals surface area (Å²) in [5, 5.41) is 2.42. The number of nitrogens with one attached hydrogen (secondary N) is 2. The average Bonchev–Trinajstić information content (AvgIpc) is 3.04. The Hall–Kier alpha value is -2.90. The van der Waals surface area contributed by atoms with E-state index in [0.29, 0.717) is 24.0 Å². The third-order valence-corrected chi connectivity index (χ3v) is 5.81. The van der Waals surface area contributed by atoms with E-state index in [4.69, 9.17) is 0 Å². The molecule has 1 saturated carbocycles. The van der Waals surface area contributed by atoms with Crippen molar-refractivity contribution >= 4 is 17.6 Å². The maximum atomic E-state index is 14.5. The van der Waals surface area contributed by atoms with Gasteiger partial charge in [0, 0.05) is 6.20 Å². The monoisotopic (exact) mass is 417 g/mol. The van der Waals surface area contributed by atoms with Crippen LogP contribution in [0, 0.1) is 6.92 Å². The molecule has 5 nitrogen and oxygen atoms in total. The number of benzene rings is 1. The minimum atomic E-state index is -4.89. The number of rotatable bonds is 4. The molecule has 1 aromatic carbocycles. The molecule has 1 fully saturated rings. The lowest BCUT2D eigenvalue weighted by Crippen LogP contribution is -2.94. The number of carbonyl (C=O) groups is 1. The first kappa shape index (κ1) is 20.4. The van der Waals surface area contributed by atoms with E-state index in [0.717, 1.165) is 19.3 Å². The van der Waals surface area contributed by atoms with Gasteiger partial charge in [0.25, 0.3) is 5.84 Å². The summed E-state index contributed by atoms with van der Waals surface area (Å²) in [6, 6.07) is 11.7. The van der Waals surface area contributed by atoms with Crippen molar-refractivity contribution in [3.8, 4) is 0 Å². The van der Waals surface area contributed by atoms with Crippen LogP contribution in [0.4, 0.5) is 19.0 Å². The molecule has 4 rings (SSSR count). The molecule has 0 spiro atoms. The average molecular weight is 417 g/mol. The maximum absolute atomic E-state index is 14.5. The number of alkyl halides is 3. The van der Waals surface area contributed by atoms with Gasteiger partial charge in [-0.25, -0.2) is 14.8 Å². The zero-order valence-corrected chi connectivity index (χ0v) is 16.7. The Labute approximate surface area is 173 Å². The number of halogens is 3. The molecule has 0 unspecified atom stereocenters. The fourth-order valence-electron chi connectivity index (χ4n) is 4.21. The van der Waals surface area contributed by atoms with Gasteiger partial charge in [-0.2, -0.15) is 18.1 Å². The smallest absolute Gasteiger partial charge is 0.312 e. The lowest BCUT2D eigenvalue weighted by Gasteiger charge is -2.29. The molecular weight excluding hydrogens is 393 g/mol. The van der Waals surface area contributed by atoms with Gasteiger partial charge in [-0.15, -0.1) is 0 Å². The van der Waals surface area contributed by atoms with E-state index in [9.17, 15) is 18.0 Å². The quantitative estimate of drug-likeness (QED) is 0.805. The van der Waals surface area contributed by atoms with Crippen molar-refractivity contribution in [3.63, 3.8) is 0 Å². The van der Waals surface area contributed by atoms with Crippen molar-refractivity contribution < 1.29 is 23.0 Å². The minimum Gasteiger partial charge on any atom is -0.312 e. The fourth-order valence-corrected chi connectivity index (χ4v) is 4.21. The predicted molar refractivity (Wildman–Crippen MR) is 107 cm³/mol. The maximum Gasteiger partial charge on any atom is 0.465 e. The van der Waals surface area contributed by atoms with Crippen LogP contribution in [0.2, 0.25) is 0 Å². The number of hydrogen-bond donors (Lipinski definition) is 2. The largest absolute Gasteiger partial charge is 0.465 e.